The van der Waals surface area contributed by atoms with Crippen molar-refractivity contribution in [1.29, 1.82) is 0 Å². The van der Waals surface area contributed by atoms with Crippen molar-refractivity contribution in [2.45, 2.75) is 43.9 Å². The molecule has 5 heteroatoms. The van der Waals surface area contributed by atoms with Gasteiger partial charge in [-0.05, 0) is 66.9 Å². The Labute approximate surface area is 176 Å². The Morgan fingerprint density at radius 1 is 0.931 bits per heavy atom. The van der Waals surface area contributed by atoms with E-state index in [-0.39, 0.29) is 5.56 Å². The summed E-state index contributed by atoms with van der Waals surface area (Å²) in [6, 6.07) is 18.6. The quantitative estimate of drug-likeness (QED) is 0.552. The third kappa shape index (κ3) is 4.35. The van der Waals surface area contributed by atoms with Gasteiger partial charge in [-0.3, -0.25) is 9.78 Å². The Balaban J connectivity index is 1.61. The van der Waals surface area contributed by atoms with E-state index < -0.39 is 0 Å². The summed E-state index contributed by atoms with van der Waals surface area (Å²) >= 11 is 5.29. The average Bonchev–Trinajstić information content (AvgIpc) is 2.76. The maximum atomic E-state index is 12.8. The van der Waals surface area contributed by atoms with Crippen LogP contribution in [-0.2, 0) is 6.42 Å². The van der Waals surface area contributed by atoms with Crippen LogP contribution in [0.15, 0.2) is 59.4 Å². The molecule has 1 aliphatic rings. The topological polar surface area (TPSA) is 57.9 Å². The minimum Gasteiger partial charge on any atom is -0.496 e. The van der Waals surface area contributed by atoms with Gasteiger partial charge in [-0.25, -0.2) is 0 Å². The summed E-state index contributed by atoms with van der Waals surface area (Å²) < 4.78 is 5.89. The normalized spacial score (nSPS) is 19.1. The molecule has 0 spiro atoms. The van der Waals surface area contributed by atoms with Crippen LogP contribution in [0.2, 0.25) is 0 Å². The van der Waals surface area contributed by atoms with Crippen LogP contribution in [0, 0.1) is 4.77 Å². The minimum absolute atomic E-state index is 0.0974. The second-order valence-electron chi connectivity index (χ2n) is 7.75. The minimum atomic E-state index is -0.0974. The highest BCUT2D eigenvalue weighted by Gasteiger charge is 2.26. The Morgan fingerprint density at radius 3 is 2.31 bits per heavy atom. The van der Waals surface area contributed by atoms with E-state index in [1.54, 1.807) is 7.11 Å². The van der Waals surface area contributed by atoms with Gasteiger partial charge in [-0.1, -0.05) is 48.5 Å². The van der Waals surface area contributed by atoms with Crippen LogP contribution in [0.4, 0.5) is 0 Å². The summed E-state index contributed by atoms with van der Waals surface area (Å²) in [7, 11) is 1.66. The molecule has 150 valence electrons. The van der Waals surface area contributed by atoms with Crippen molar-refractivity contribution in [1.82, 2.24) is 9.97 Å². The first-order valence-corrected chi connectivity index (χ1v) is 10.6. The summed E-state index contributed by atoms with van der Waals surface area (Å²) in [5, 5.41) is 0. The van der Waals surface area contributed by atoms with Crippen LogP contribution in [0.3, 0.4) is 0 Å². The molecule has 2 N–H and O–H groups in total. The molecule has 1 heterocycles. The van der Waals surface area contributed by atoms with E-state index in [1.165, 1.54) is 5.56 Å². The van der Waals surface area contributed by atoms with Crippen molar-refractivity contribution in [2.24, 2.45) is 0 Å². The highest BCUT2D eigenvalue weighted by atomic mass is 32.1. The van der Waals surface area contributed by atoms with Gasteiger partial charge < -0.3 is 9.72 Å². The molecule has 3 aromatic rings. The van der Waals surface area contributed by atoms with Gasteiger partial charge in [0, 0.05) is 17.7 Å². The number of rotatable bonds is 5. The number of ether oxygens (including phenoxy) is 1. The molecule has 4 rings (SSSR count). The van der Waals surface area contributed by atoms with Crippen molar-refractivity contribution >= 4 is 12.2 Å². The summed E-state index contributed by atoms with van der Waals surface area (Å²) in [4.78, 5) is 18.9. The molecular weight excluding hydrogens is 380 g/mol. The van der Waals surface area contributed by atoms with Crippen molar-refractivity contribution in [3.8, 4) is 5.75 Å². The molecule has 0 atom stereocenters. The van der Waals surface area contributed by atoms with E-state index in [0.717, 1.165) is 48.3 Å². The van der Waals surface area contributed by atoms with Gasteiger partial charge in [-0.15, -0.1) is 0 Å². The number of benzene rings is 2. The predicted octanol–water partition coefficient (Wildman–Crippen LogP) is 5.47. The van der Waals surface area contributed by atoms with Gasteiger partial charge in [0.15, 0.2) is 4.77 Å². The molecule has 1 aliphatic carbocycles. The lowest BCUT2D eigenvalue weighted by molar-refractivity contribution is 0.388. The van der Waals surface area contributed by atoms with E-state index in [2.05, 4.69) is 40.3 Å². The summed E-state index contributed by atoms with van der Waals surface area (Å²) in [5.41, 5.74) is 4.09. The number of hydrogen-bond acceptors (Lipinski definition) is 3. The molecule has 29 heavy (non-hydrogen) atoms. The third-order valence-electron chi connectivity index (χ3n) is 6.04. The van der Waals surface area contributed by atoms with E-state index in [4.69, 9.17) is 17.0 Å². The van der Waals surface area contributed by atoms with Crippen LogP contribution < -0.4 is 10.3 Å². The number of para-hydroxylation sites is 1. The van der Waals surface area contributed by atoms with Gasteiger partial charge in [0.25, 0.3) is 5.56 Å². The predicted molar refractivity (Wildman–Crippen MR) is 118 cm³/mol. The maximum absolute atomic E-state index is 12.8. The molecule has 0 aliphatic heterocycles. The van der Waals surface area contributed by atoms with Crippen molar-refractivity contribution in [3.05, 3.63) is 92.1 Å². The first kappa shape index (κ1) is 19.6. The van der Waals surface area contributed by atoms with Crippen LogP contribution in [0.5, 0.6) is 5.75 Å². The standard InChI is InChI=1S/C24H26N2O2S/c1-28-21-10-6-5-9-19(21)15-20-22(25-24(29)26-23(20)27)18-13-11-17(12-14-18)16-7-3-2-4-8-16/h2-10,17-18H,11-15H2,1H3,(H2,25,26,27,29)/t17-,18-. The van der Waals surface area contributed by atoms with Crippen LogP contribution >= 0.6 is 12.2 Å². The number of H-pyrrole nitrogens is 2. The van der Waals surface area contributed by atoms with E-state index in [1.807, 2.05) is 24.3 Å². The molecular formula is C24H26N2O2S. The molecule has 1 aromatic heterocycles. The van der Waals surface area contributed by atoms with E-state index in [0.29, 0.717) is 23.0 Å². The van der Waals surface area contributed by atoms with Gasteiger partial charge in [0.05, 0.1) is 7.11 Å². The first-order chi connectivity index (χ1) is 14.2. The second kappa shape index (κ2) is 8.78. The fourth-order valence-electron chi connectivity index (χ4n) is 4.53. The van der Waals surface area contributed by atoms with Crippen molar-refractivity contribution in [2.75, 3.05) is 7.11 Å². The average molecular weight is 407 g/mol. The number of nitrogens with one attached hydrogen (secondary N) is 2. The van der Waals surface area contributed by atoms with Gasteiger partial charge in [0.1, 0.15) is 5.75 Å². The van der Waals surface area contributed by atoms with Gasteiger partial charge >= 0.3 is 0 Å². The molecule has 0 saturated heterocycles. The number of methoxy groups -OCH3 is 1. The van der Waals surface area contributed by atoms with E-state index in [9.17, 15) is 4.79 Å². The fraction of sp³-hybridized carbons (Fsp3) is 0.333. The van der Waals surface area contributed by atoms with Crippen molar-refractivity contribution < 1.29 is 4.74 Å². The Bertz CT molecular complexity index is 1080. The fourth-order valence-corrected chi connectivity index (χ4v) is 4.74. The zero-order valence-electron chi connectivity index (χ0n) is 16.6. The van der Waals surface area contributed by atoms with Crippen molar-refractivity contribution in [3.63, 3.8) is 0 Å². The first-order valence-electron chi connectivity index (χ1n) is 10.2. The second-order valence-corrected chi connectivity index (χ2v) is 8.16. The highest BCUT2D eigenvalue weighted by Crippen LogP contribution is 2.40. The number of aromatic amines is 2. The highest BCUT2D eigenvalue weighted by molar-refractivity contribution is 7.71. The van der Waals surface area contributed by atoms with Gasteiger partial charge in [0.2, 0.25) is 0 Å². The molecule has 4 nitrogen and oxygen atoms in total. The van der Waals surface area contributed by atoms with Gasteiger partial charge in [-0.2, -0.15) is 0 Å². The smallest absolute Gasteiger partial charge is 0.255 e. The number of hydrogen-bond donors (Lipinski definition) is 2. The summed E-state index contributed by atoms with van der Waals surface area (Å²) in [5.74, 6) is 1.71. The largest absolute Gasteiger partial charge is 0.496 e. The van der Waals surface area contributed by atoms with E-state index >= 15 is 0 Å². The molecule has 0 amide bonds. The lowest BCUT2D eigenvalue weighted by atomic mass is 9.76. The number of aromatic nitrogens is 2. The summed E-state index contributed by atoms with van der Waals surface area (Å²) in [6.07, 6.45) is 4.87. The zero-order chi connectivity index (χ0) is 20.2. The van der Waals surface area contributed by atoms with Crippen LogP contribution in [0.25, 0.3) is 0 Å². The monoisotopic (exact) mass is 406 g/mol. The molecule has 1 fully saturated rings. The SMILES string of the molecule is COc1ccccc1Cc1c(=O)[nH]c(=S)[nH]c1[C@H]1CC[C@H](c2ccccc2)CC1. The zero-order valence-corrected chi connectivity index (χ0v) is 17.4. The Morgan fingerprint density at radius 2 is 1.59 bits per heavy atom. The summed E-state index contributed by atoms with van der Waals surface area (Å²) in [6.45, 7) is 0. The Kier molecular flexibility index (Phi) is 5.95. The Hall–Kier alpha value is -2.66. The molecule has 2 aromatic carbocycles. The molecule has 0 unspecified atom stereocenters. The molecule has 0 bridgehead atoms. The van der Waals surface area contributed by atoms with Crippen LogP contribution in [0.1, 0.15) is 59.9 Å². The molecule has 0 radical (unpaired) electrons. The molecule has 1 saturated carbocycles. The van der Waals surface area contributed by atoms with Crippen LogP contribution in [-0.4, -0.2) is 17.1 Å². The lowest BCUT2D eigenvalue weighted by Gasteiger charge is -2.30. The maximum Gasteiger partial charge on any atom is 0.255 e. The lowest BCUT2D eigenvalue weighted by Crippen LogP contribution is -2.22. The third-order valence-corrected chi connectivity index (χ3v) is 6.24.